The molecular weight excluding hydrogens is 290 g/mol. The molecule has 1 aliphatic carbocycles. The molecule has 5 nitrogen and oxygen atoms in total. The minimum atomic E-state index is 0.0905. The first-order valence-electron chi connectivity index (χ1n) is 9.52. The number of carbonyl (C=O) groups excluding carboxylic acids is 1. The highest BCUT2D eigenvalue weighted by Gasteiger charge is 2.35. The quantitative estimate of drug-likeness (QED) is 0.854. The van der Waals surface area contributed by atoms with Gasteiger partial charge in [-0.3, -0.25) is 9.69 Å². The average molecular weight is 323 g/mol. The fourth-order valence-corrected chi connectivity index (χ4v) is 4.57. The lowest BCUT2D eigenvalue weighted by Crippen LogP contribution is -2.53. The van der Waals surface area contributed by atoms with Gasteiger partial charge in [0.1, 0.15) is 0 Å². The van der Waals surface area contributed by atoms with Gasteiger partial charge in [-0.05, 0) is 37.6 Å². The molecular formula is C18H33N3O2. The predicted octanol–water partition coefficient (Wildman–Crippen LogP) is 1.61. The molecule has 132 valence electrons. The van der Waals surface area contributed by atoms with Crippen LogP contribution in [-0.4, -0.2) is 67.7 Å². The van der Waals surface area contributed by atoms with Gasteiger partial charge < -0.3 is 15.4 Å². The third-order valence-electron chi connectivity index (χ3n) is 6.25. The molecule has 3 aliphatic rings. The van der Waals surface area contributed by atoms with Gasteiger partial charge in [0.25, 0.3) is 0 Å². The zero-order chi connectivity index (χ0) is 16.1. The Bertz CT molecular complexity index is 382. The molecule has 2 aliphatic heterocycles. The number of carbonyl (C=O) groups is 1. The molecule has 2 saturated heterocycles. The molecule has 3 fully saturated rings. The first-order valence-corrected chi connectivity index (χ1v) is 9.52. The number of nitrogens with two attached hydrogens (primary N) is 1. The van der Waals surface area contributed by atoms with E-state index in [1.165, 1.54) is 19.3 Å². The van der Waals surface area contributed by atoms with Crippen molar-refractivity contribution in [3.8, 4) is 0 Å². The van der Waals surface area contributed by atoms with Crippen molar-refractivity contribution in [2.45, 2.75) is 57.4 Å². The smallest absolute Gasteiger partial charge is 0.223 e. The summed E-state index contributed by atoms with van der Waals surface area (Å²) in [6.45, 7) is 6.26. The average Bonchev–Trinajstić information content (AvgIpc) is 2.63. The van der Waals surface area contributed by atoms with Crippen LogP contribution in [0.1, 0.15) is 51.4 Å². The van der Waals surface area contributed by atoms with Gasteiger partial charge in [-0.25, -0.2) is 0 Å². The zero-order valence-electron chi connectivity index (χ0n) is 14.5. The van der Waals surface area contributed by atoms with Crippen LogP contribution in [0.4, 0.5) is 0 Å². The van der Waals surface area contributed by atoms with Crippen molar-refractivity contribution in [3.05, 3.63) is 0 Å². The van der Waals surface area contributed by atoms with Crippen molar-refractivity contribution in [2.75, 3.05) is 45.9 Å². The van der Waals surface area contributed by atoms with Gasteiger partial charge in [0, 0.05) is 51.9 Å². The maximum Gasteiger partial charge on any atom is 0.223 e. The van der Waals surface area contributed by atoms with Gasteiger partial charge in [-0.15, -0.1) is 0 Å². The molecule has 0 aromatic carbocycles. The van der Waals surface area contributed by atoms with Gasteiger partial charge in [0.05, 0.1) is 0 Å². The Balaban J connectivity index is 1.47. The highest BCUT2D eigenvalue weighted by molar-refractivity contribution is 5.77. The summed E-state index contributed by atoms with van der Waals surface area (Å²) in [5.74, 6) is 0.337. The molecule has 1 amide bonds. The van der Waals surface area contributed by atoms with Crippen molar-refractivity contribution in [2.24, 2.45) is 11.1 Å². The number of amides is 1. The number of hydrogen-bond acceptors (Lipinski definition) is 4. The molecule has 3 rings (SSSR count). The van der Waals surface area contributed by atoms with Gasteiger partial charge >= 0.3 is 0 Å². The fraction of sp³-hybridized carbons (Fsp3) is 0.944. The number of nitrogens with zero attached hydrogens (tertiary/aromatic N) is 2. The van der Waals surface area contributed by atoms with Crippen LogP contribution in [0.3, 0.4) is 0 Å². The van der Waals surface area contributed by atoms with E-state index in [4.69, 9.17) is 10.5 Å². The highest BCUT2D eigenvalue weighted by atomic mass is 16.5. The summed E-state index contributed by atoms with van der Waals surface area (Å²) in [5, 5.41) is 0. The predicted molar refractivity (Wildman–Crippen MR) is 91.2 cm³/mol. The number of rotatable bonds is 4. The summed E-state index contributed by atoms with van der Waals surface area (Å²) < 4.78 is 5.45. The van der Waals surface area contributed by atoms with E-state index in [-0.39, 0.29) is 5.41 Å². The zero-order valence-corrected chi connectivity index (χ0v) is 14.5. The molecule has 1 saturated carbocycles. The van der Waals surface area contributed by atoms with Crippen LogP contribution in [0, 0.1) is 5.41 Å². The SMILES string of the molecule is NCC1(CC(=O)N2CCN(C3CCOCC3)CC2)CCCCC1. The second-order valence-electron chi connectivity index (χ2n) is 7.70. The summed E-state index contributed by atoms with van der Waals surface area (Å²) in [6, 6.07) is 0.662. The van der Waals surface area contributed by atoms with Crippen LogP contribution in [0.2, 0.25) is 0 Å². The van der Waals surface area contributed by atoms with Gasteiger partial charge in [0.2, 0.25) is 5.91 Å². The summed E-state index contributed by atoms with van der Waals surface area (Å²) in [5.41, 5.74) is 6.14. The Kier molecular flexibility index (Phi) is 5.94. The van der Waals surface area contributed by atoms with Crippen LogP contribution in [-0.2, 0) is 9.53 Å². The van der Waals surface area contributed by atoms with Crippen LogP contribution < -0.4 is 5.73 Å². The Labute approximate surface area is 140 Å². The molecule has 0 bridgehead atoms. The lowest BCUT2D eigenvalue weighted by atomic mass is 9.71. The largest absolute Gasteiger partial charge is 0.381 e. The second kappa shape index (κ2) is 7.95. The van der Waals surface area contributed by atoms with E-state index in [2.05, 4.69) is 9.80 Å². The van der Waals surface area contributed by atoms with Gasteiger partial charge in [-0.2, -0.15) is 0 Å². The van der Waals surface area contributed by atoms with E-state index in [1.54, 1.807) is 0 Å². The molecule has 2 heterocycles. The molecule has 0 aromatic rings. The van der Waals surface area contributed by atoms with Crippen molar-refractivity contribution >= 4 is 5.91 Å². The lowest BCUT2D eigenvalue weighted by Gasteiger charge is -2.42. The van der Waals surface area contributed by atoms with Crippen molar-refractivity contribution in [3.63, 3.8) is 0 Å². The van der Waals surface area contributed by atoms with Crippen LogP contribution in [0.15, 0.2) is 0 Å². The first kappa shape index (κ1) is 17.2. The van der Waals surface area contributed by atoms with E-state index >= 15 is 0 Å². The summed E-state index contributed by atoms with van der Waals surface area (Å²) in [6.07, 6.45) is 9.01. The van der Waals surface area contributed by atoms with E-state index in [0.29, 0.717) is 24.9 Å². The fourth-order valence-electron chi connectivity index (χ4n) is 4.57. The third kappa shape index (κ3) is 4.25. The topological polar surface area (TPSA) is 58.8 Å². The number of piperazine rings is 1. The van der Waals surface area contributed by atoms with E-state index in [1.807, 2.05) is 0 Å². The van der Waals surface area contributed by atoms with Crippen molar-refractivity contribution < 1.29 is 9.53 Å². The first-order chi connectivity index (χ1) is 11.2. The molecule has 2 N–H and O–H groups in total. The van der Waals surface area contributed by atoms with Crippen molar-refractivity contribution in [1.82, 2.24) is 9.80 Å². The number of hydrogen-bond donors (Lipinski definition) is 1. The van der Waals surface area contributed by atoms with E-state index in [9.17, 15) is 4.79 Å². The summed E-state index contributed by atoms with van der Waals surface area (Å²) in [4.78, 5) is 17.4. The van der Waals surface area contributed by atoms with Gasteiger partial charge in [0.15, 0.2) is 0 Å². The van der Waals surface area contributed by atoms with Crippen molar-refractivity contribution in [1.29, 1.82) is 0 Å². The second-order valence-corrected chi connectivity index (χ2v) is 7.70. The molecule has 0 spiro atoms. The molecule has 0 radical (unpaired) electrons. The minimum absolute atomic E-state index is 0.0905. The van der Waals surface area contributed by atoms with E-state index in [0.717, 1.165) is 65.1 Å². The minimum Gasteiger partial charge on any atom is -0.381 e. The molecule has 0 unspecified atom stereocenters. The van der Waals surface area contributed by atoms with E-state index < -0.39 is 0 Å². The Morgan fingerprint density at radius 1 is 1.04 bits per heavy atom. The van der Waals surface area contributed by atoms with Crippen LogP contribution in [0.5, 0.6) is 0 Å². The lowest BCUT2D eigenvalue weighted by molar-refractivity contribution is -0.136. The monoisotopic (exact) mass is 323 g/mol. The summed E-state index contributed by atoms with van der Waals surface area (Å²) in [7, 11) is 0. The van der Waals surface area contributed by atoms with Crippen LogP contribution in [0.25, 0.3) is 0 Å². The molecule has 0 aromatic heterocycles. The maximum absolute atomic E-state index is 12.7. The summed E-state index contributed by atoms with van der Waals surface area (Å²) >= 11 is 0. The van der Waals surface area contributed by atoms with Gasteiger partial charge in [-0.1, -0.05) is 19.3 Å². The molecule has 23 heavy (non-hydrogen) atoms. The van der Waals surface area contributed by atoms with Crippen LogP contribution >= 0.6 is 0 Å². The Morgan fingerprint density at radius 3 is 2.30 bits per heavy atom. The maximum atomic E-state index is 12.7. The molecule has 5 heteroatoms. The number of ether oxygens (including phenoxy) is 1. The normalized spacial score (nSPS) is 27.1. The molecule has 0 atom stereocenters. The Hall–Kier alpha value is -0.650. The Morgan fingerprint density at radius 2 is 1.70 bits per heavy atom. The highest BCUT2D eigenvalue weighted by Crippen LogP contribution is 2.38. The third-order valence-corrected chi connectivity index (χ3v) is 6.25. The standard InChI is InChI=1S/C18H33N3O2/c19-15-18(6-2-1-3-7-18)14-17(22)21-10-8-20(9-11-21)16-4-12-23-13-5-16/h16H,1-15,19H2.